The number of halogens is 5. The summed E-state index contributed by atoms with van der Waals surface area (Å²) >= 11 is 6.13. The van der Waals surface area contributed by atoms with Gasteiger partial charge in [-0.15, -0.1) is 0 Å². The molecule has 34 heavy (non-hydrogen) atoms. The Kier molecular flexibility index (Phi) is 5.85. The number of hydrogen-bond acceptors (Lipinski definition) is 5. The van der Waals surface area contributed by atoms with Crippen LogP contribution < -0.4 is 10.5 Å². The van der Waals surface area contributed by atoms with Crippen LogP contribution in [0.1, 0.15) is 41.6 Å². The molecule has 1 aromatic carbocycles. The van der Waals surface area contributed by atoms with Gasteiger partial charge in [0.2, 0.25) is 0 Å². The van der Waals surface area contributed by atoms with Crippen molar-refractivity contribution in [3.05, 3.63) is 74.4 Å². The zero-order chi connectivity index (χ0) is 24.0. The average molecular weight is 498 g/mol. The Morgan fingerprint density at radius 1 is 1.24 bits per heavy atom. The summed E-state index contributed by atoms with van der Waals surface area (Å²) < 4.78 is 62.9. The van der Waals surface area contributed by atoms with Gasteiger partial charge >= 0.3 is 6.18 Å². The Morgan fingerprint density at radius 3 is 2.76 bits per heavy atom. The maximum atomic E-state index is 13.8. The van der Waals surface area contributed by atoms with Crippen molar-refractivity contribution in [1.29, 1.82) is 0 Å². The SMILES string of the molecule is O=c1[nH]ncc(N2CCn3c(C(OCC4CC4)c4ccc(F)cc4C(F)(F)F)cnc3C2)c1Cl. The highest BCUT2D eigenvalue weighted by atomic mass is 35.5. The van der Waals surface area contributed by atoms with Gasteiger partial charge in [-0.05, 0) is 36.5 Å². The molecule has 0 radical (unpaired) electrons. The van der Waals surface area contributed by atoms with Crippen molar-refractivity contribution >= 4 is 17.3 Å². The van der Waals surface area contributed by atoms with Crippen molar-refractivity contribution in [2.75, 3.05) is 18.1 Å². The smallest absolute Gasteiger partial charge is 0.367 e. The van der Waals surface area contributed by atoms with Crippen LogP contribution in [-0.2, 0) is 24.0 Å². The zero-order valence-electron chi connectivity index (χ0n) is 17.8. The molecule has 1 unspecified atom stereocenters. The molecule has 0 saturated heterocycles. The summed E-state index contributed by atoms with van der Waals surface area (Å²) in [5, 5.41) is 6.05. The number of nitrogens with one attached hydrogen (secondary N) is 1. The van der Waals surface area contributed by atoms with E-state index in [4.69, 9.17) is 16.3 Å². The molecule has 1 atom stereocenters. The number of alkyl halides is 3. The van der Waals surface area contributed by atoms with E-state index in [9.17, 15) is 22.4 Å². The zero-order valence-corrected chi connectivity index (χ0v) is 18.5. The third-order valence-corrected chi connectivity index (χ3v) is 6.45. The highest BCUT2D eigenvalue weighted by Crippen LogP contribution is 2.41. The number of imidazole rings is 1. The maximum Gasteiger partial charge on any atom is 0.416 e. The van der Waals surface area contributed by atoms with Crippen LogP contribution in [0.3, 0.4) is 0 Å². The standard InChI is InChI=1S/C22H20ClF4N5O2/c23-19-16(9-29-30-21(19)33)31-5-6-32-17(8-28-18(32)10-31)20(34-11-12-1-2-12)14-4-3-13(24)7-15(14)22(25,26)27/h3-4,7-9,12,20H,1-2,5-6,10-11H2,(H,30,33). The summed E-state index contributed by atoms with van der Waals surface area (Å²) in [4.78, 5) is 18.1. The number of rotatable bonds is 6. The van der Waals surface area contributed by atoms with Crippen LogP contribution in [0, 0.1) is 11.7 Å². The predicted molar refractivity (Wildman–Crippen MR) is 115 cm³/mol. The monoisotopic (exact) mass is 497 g/mol. The molecule has 1 aliphatic carbocycles. The molecular weight excluding hydrogens is 478 g/mol. The fourth-order valence-electron chi connectivity index (χ4n) is 4.15. The molecule has 0 amide bonds. The number of aromatic amines is 1. The van der Waals surface area contributed by atoms with Gasteiger partial charge in [0.15, 0.2) is 0 Å². The number of fused-ring (bicyclic) bond motifs is 1. The van der Waals surface area contributed by atoms with Crippen LogP contribution in [0.4, 0.5) is 23.2 Å². The first-order chi connectivity index (χ1) is 16.2. The normalized spacial score (nSPS) is 17.0. The van der Waals surface area contributed by atoms with Crippen LogP contribution in [0.25, 0.3) is 0 Å². The molecule has 0 spiro atoms. The molecule has 1 N–H and O–H groups in total. The molecule has 1 aliphatic heterocycles. The summed E-state index contributed by atoms with van der Waals surface area (Å²) in [5.74, 6) is -0.0815. The topological polar surface area (TPSA) is 76.0 Å². The Balaban J connectivity index is 1.51. The van der Waals surface area contributed by atoms with Crippen molar-refractivity contribution in [3.63, 3.8) is 0 Å². The minimum absolute atomic E-state index is 0.00186. The predicted octanol–water partition coefficient (Wildman–Crippen LogP) is 4.31. The second-order valence-electron chi connectivity index (χ2n) is 8.46. The van der Waals surface area contributed by atoms with Gasteiger partial charge in [-0.25, -0.2) is 14.5 Å². The van der Waals surface area contributed by atoms with E-state index in [1.165, 1.54) is 12.4 Å². The van der Waals surface area contributed by atoms with Gasteiger partial charge in [-0.2, -0.15) is 18.3 Å². The minimum Gasteiger partial charge on any atom is -0.367 e. The van der Waals surface area contributed by atoms with E-state index in [0.717, 1.165) is 25.0 Å². The lowest BCUT2D eigenvalue weighted by molar-refractivity contribution is -0.139. The number of H-pyrrole nitrogens is 1. The van der Waals surface area contributed by atoms with E-state index in [2.05, 4.69) is 15.2 Å². The highest BCUT2D eigenvalue weighted by Gasteiger charge is 2.38. The quantitative estimate of drug-likeness (QED) is 0.514. The molecule has 12 heteroatoms. The van der Waals surface area contributed by atoms with Gasteiger partial charge < -0.3 is 14.2 Å². The van der Waals surface area contributed by atoms with Crippen molar-refractivity contribution < 1.29 is 22.3 Å². The van der Waals surface area contributed by atoms with Crippen molar-refractivity contribution in [2.45, 2.75) is 38.2 Å². The lowest BCUT2D eigenvalue weighted by Crippen LogP contribution is -2.36. The van der Waals surface area contributed by atoms with Crippen LogP contribution >= 0.6 is 11.6 Å². The summed E-state index contributed by atoms with van der Waals surface area (Å²) in [6.45, 7) is 1.38. The molecule has 5 rings (SSSR count). The first-order valence-corrected chi connectivity index (χ1v) is 11.1. The lowest BCUT2D eigenvalue weighted by atomic mass is 9.99. The minimum atomic E-state index is -4.75. The van der Waals surface area contributed by atoms with Crippen LogP contribution in [0.5, 0.6) is 0 Å². The number of benzene rings is 1. The van der Waals surface area contributed by atoms with Gasteiger partial charge in [0.1, 0.15) is 22.8 Å². The Bertz CT molecular complexity index is 1270. The number of ether oxygens (including phenoxy) is 1. The molecule has 180 valence electrons. The lowest BCUT2D eigenvalue weighted by Gasteiger charge is -2.31. The molecule has 1 saturated carbocycles. The third kappa shape index (κ3) is 4.41. The Labute approximate surface area is 196 Å². The molecule has 2 aromatic heterocycles. The molecule has 2 aliphatic rings. The van der Waals surface area contributed by atoms with Gasteiger partial charge in [0.25, 0.3) is 5.56 Å². The Morgan fingerprint density at radius 2 is 2.03 bits per heavy atom. The highest BCUT2D eigenvalue weighted by molar-refractivity contribution is 6.32. The van der Waals surface area contributed by atoms with E-state index < -0.39 is 29.2 Å². The van der Waals surface area contributed by atoms with E-state index >= 15 is 0 Å². The van der Waals surface area contributed by atoms with E-state index in [0.29, 0.717) is 48.9 Å². The Hall–Kier alpha value is -2.92. The first-order valence-electron chi connectivity index (χ1n) is 10.7. The van der Waals surface area contributed by atoms with Crippen molar-refractivity contribution in [2.24, 2.45) is 5.92 Å². The van der Waals surface area contributed by atoms with Crippen LogP contribution in [0.15, 0.2) is 35.4 Å². The molecule has 3 heterocycles. The average Bonchev–Trinajstić information content (AvgIpc) is 3.53. The molecule has 1 fully saturated rings. The van der Waals surface area contributed by atoms with E-state index in [1.807, 2.05) is 9.47 Å². The second-order valence-corrected chi connectivity index (χ2v) is 8.83. The second kappa shape index (κ2) is 8.70. The fraction of sp³-hybridized carbons (Fsp3) is 0.409. The van der Waals surface area contributed by atoms with Gasteiger partial charge in [0, 0.05) is 13.1 Å². The summed E-state index contributed by atoms with van der Waals surface area (Å²) in [5.41, 5.74) is -0.828. The maximum absolute atomic E-state index is 13.8. The first kappa shape index (κ1) is 22.9. The molecule has 3 aromatic rings. The van der Waals surface area contributed by atoms with Gasteiger partial charge in [-0.3, -0.25) is 4.79 Å². The molecule has 7 nitrogen and oxygen atoms in total. The summed E-state index contributed by atoms with van der Waals surface area (Å²) in [6, 6.07) is 2.64. The fourth-order valence-corrected chi connectivity index (χ4v) is 4.36. The van der Waals surface area contributed by atoms with Crippen molar-refractivity contribution in [1.82, 2.24) is 19.7 Å². The van der Waals surface area contributed by atoms with E-state index in [-0.39, 0.29) is 17.1 Å². The molecule has 0 bridgehead atoms. The summed E-state index contributed by atoms with van der Waals surface area (Å²) in [7, 11) is 0. The molecular formula is C22H20ClF4N5O2. The van der Waals surface area contributed by atoms with Crippen LogP contribution in [-0.4, -0.2) is 32.9 Å². The third-order valence-electron chi connectivity index (χ3n) is 6.08. The van der Waals surface area contributed by atoms with Gasteiger partial charge in [-0.1, -0.05) is 17.7 Å². The number of hydrogen-bond donors (Lipinski definition) is 1. The van der Waals surface area contributed by atoms with E-state index in [1.54, 1.807) is 0 Å². The summed E-state index contributed by atoms with van der Waals surface area (Å²) in [6.07, 6.45) is -0.935. The van der Waals surface area contributed by atoms with Crippen LogP contribution in [0.2, 0.25) is 5.02 Å². The van der Waals surface area contributed by atoms with Gasteiger partial charge in [0.05, 0.1) is 42.5 Å². The number of anilines is 1. The largest absolute Gasteiger partial charge is 0.416 e. The van der Waals surface area contributed by atoms with Crippen molar-refractivity contribution in [3.8, 4) is 0 Å². The number of nitrogens with zero attached hydrogens (tertiary/aromatic N) is 4. The number of aromatic nitrogens is 4.